The lowest BCUT2D eigenvalue weighted by Crippen LogP contribution is -2.25. The van der Waals surface area contributed by atoms with Gasteiger partial charge in [-0.15, -0.1) is 15.3 Å². The zero-order valence-corrected chi connectivity index (χ0v) is 13.9. The average Bonchev–Trinajstić information content (AvgIpc) is 3.35. The Labute approximate surface area is 148 Å². The smallest absolute Gasteiger partial charge is 0.251 e. The van der Waals surface area contributed by atoms with Crippen LogP contribution in [-0.2, 0) is 6.42 Å². The van der Waals surface area contributed by atoms with Crippen LogP contribution in [0.5, 0.6) is 0 Å². The second-order valence-corrected chi connectivity index (χ2v) is 5.71. The first-order valence-corrected chi connectivity index (χ1v) is 8.21. The molecule has 9 nitrogen and oxygen atoms in total. The fourth-order valence-electron chi connectivity index (χ4n) is 2.68. The number of aromatic nitrogens is 7. The van der Waals surface area contributed by atoms with Gasteiger partial charge in [-0.25, -0.2) is 4.68 Å². The summed E-state index contributed by atoms with van der Waals surface area (Å²) in [4.78, 5) is 12.3. The minimum absolute atomic E-state index is 0.133. The lowest BCUT2D eigenvalue weighted by atomic mass is 10.2. The maximum atomic E-state index is 12.3. The van der Waals surface area contributed by atoms with Crippen LogP contribution in [0.2, 0.25) is 0 Å². The van der Waals surface area contributed by atoms with E-state index in [2.05, 4.69) is 31.0 Å². The molecule has 1 aromatic carbocycles. The van der Waals surface area contributed by atoms with Crippen LogP contribution in [0.4, 0.5) is 0 Å². The van der Waals surface area contributed by atoms with Gasteiger partial charge in [-0.2, -0.15) is 0 Å². The average molecular weight is 348 g/mol. The number of rotatable bonds is 6. The highest BCUT2D eigenvalue weighted by Crippen LogP contribution is 2.09. The minimum atomic E-state index is -0.133. The van der Waals surface area contributed by atoms with E-state index in [0.29, 0.717) is 12.1 Å². The fourth-order valence-corrected chi connectivity index (χ4v) is 2.68. The van der Waals surface area contributed by atoms with Crippen LogP contribution < -0.4 is 5.32 Å². The molecule has 0 aliphatic carbocycles. The summed E-state index contributed by atoms with van der Waals surface area (Å²) < 4.78 is 3.46. The van der Waals surface area contributed by atoms with Gasteiger partial charge in [0.2, 0.25) is 0 Å². The summed E-state index contributed by atoms with van der Waals surface area (Å²) in [5.74, 6) is 0.751. The Morgan fingerprint density at radius 2 is 2.08 bits per heavy atom. The van der Waals surface area contributed by atoms with Crippen molar-refractivity contribution in [2.45, 2.75) is 12.8 Å². The number of carbonyl (C=O) groups excluding carboxylic acids is 1. The third-order valence-electron chi connectivity index (χ3n) is 3.97. The van der Waals surface area contributed by atoms with Crippen molar-refractivity contribution in [1.82, 2.24) is 40.1 Å². The molecule has 3 heterocycles. The number of nitrogens with zero attached hydrogens (tertiary/aromatic N) is 7. The quantitative estimate of drug-likeness (QED) is 0.523. The number of carbonyl (C=O) groups is 1. The van der Waals surface area contributed by atoms with Gasteiger partial charge in [0.25, 0.3) is 5.91 Å². The van der Waals surface area contributed by atoms with Crippen LogP contribution in [0, 0.1) is 0 Å². The van der Waals surface area contributed by atoms with E-state index in [1.807, 2.05) is 34.9 Å². The van der Waals surface area contributed by atoms with E-state index in [9.17, 15) is 4.79 Å². The summed E-state index contributed by atoms with van der Waals surface area (Å²) in [6.45, 7) is 0.551. The Kier molecular flexibility index (Phi) is 4.33. The molecule has 0 aliphatic rings. The number of hydrogen-bond donors (Lipinski definition) is 1. The molecule has 1 amide bonds. The molecular weight excluding hydrogens is 332 g/mol. The van der Waals surface area contributed by atoms with Crippen LogP contribution in [0.1, 0.15) is 22.6 Å². The predicted octanol–water partition coefficient (Wildman–Crippen LogP) is 1.07. The van der Waals surface area contributed by atoms with Gasteiger partial charge in [-0.1, -0.05) is 12.1 Å². The number of benzene rings is 1. The van der Waals surface area contributed by atoms with Gasteiger partial charge < -0.3 is 5.32 Å². The second-order valence-electron chi connectivity index (χ2n) is 5.71. The molecule has 1 N–H and O–H groups in total. The first-order valence-electron chi connectivity index (χ1n) is 8.21. The summed E-state index contributed by atoms with van der Waals surface area (Å²) in [6.07, 6.45) is 4.93. The highest BCUT2D eigenvalue weighted by molar-refractivity contribution is 5.94. The molecular formula is C17H16N8O. The molecule has 0 bridgehead atoms. The molecule has 4 aromatic rings. The molecule has 0 spiro atoms. The fraction of sp³-hybridized carbons (Fsp3) is 0.176. The molecule has 130 valence electrons. The monoisotopic (exact) mass is 348 g/mol. The van der Waals surface area contributed by atoms with Gasteiger partial charge in [0.15, 0.2) is 5.65 Å². The van der Waals surface area contributed by atoms with Crippen molar-refractivity contribution in [3.63, 3.8) is 0 Å². The largest absolute Gasteiger partial charge is 0.352 e. The van der Waals surface area contributed by atoms with Crippen LogP contribution in [0.15, 0.2) is 55.0 Å². The zero-order valence-electron chi connectivity index (χ0n) is 13.9. The molecule has 0 aliphatic heterocycles. The lowest BCUT2D eigenvalue weighted by molar-refractivity contribution is 0.0953. The Morgan fingerprint density at radius 3 is 2.96 bits per heavy atom. The second kappa shape index (κ2) is 7.09. The zero-order chi connectivity index (χ0) is 17.8. The summed E-state index contributed by atoms with van der Waals surface area (Å²) in [5, 5.41) is 22.3. The van der Waals surface area contributed by atoms with Crippen LogP contribution in [-0.4, -0.2) is 47.3 Å². The maximum Gasteiger partial charge on any atom is 0.251 e. The molecule has 0 unspecified atom stereocenters. The molecule has 0 saturated carbocycles. The summed E-state index contributed by atoms with van der Waals surface area (Å²) >= 11 is 0. The van der Waals surface area contributed by atoms with E-state index >= 15 is 0 Å². The normalized spacial score (nSPS) is 10.9. The highest BCUT2D eigenvalue weighted by Gasteiger charge is 2.08. The number of aryl methyl sites for hydroxylation is 1. The van der Waals surface area contributed by atoms with Crippen molar-refractivity contribution in [1.29, 1.82) is 0 Å². The molecule has 0 saturated heterocycles. The van der Waals surface area contributed by atoms with Crippen molar-refractivity contribution < 1.29 is 4.79 Å². The van der Waals surface area contributed by atoms with Gasteiger partial charge in [0.1, 0.15) is 12.2 Å². The van der Waals surface area contributed by atoms with Crippen molar-refractivity contribution in [2.75, 3.05) is 6.54 Å². The van der Waals surface area contributed by atoms with Crippen LogP contribution >= 0.6 is 0 Å². The Morgan fingerprint density at radius 1 is 1.12 bits per heavy atom. The summed E-state index contributed by atoms with van der Waals surface area (Å²) in [5.41, 5.74) is 2.12. The van der Waals surface area contributed by atoms with Gasteiger partial charge >= 0.3 is 0 Å². The van der Waals surface area contributed by atoms with Gasteiger partial charge in [-0.05, 0) is 47.2 Å². The molecule has 0 atom stereocenters. The Hall–Kier alpha value is -3.62. The SMILES string of the molecule is O=C(NCCCc1nnc2ccccn12)c1cccc(-n2cnnn2)c1. The van der Waals surface area contributed by atoms with Crippen molar-refractivity contribution >= 4 is 11.6 Å². The van der Waals surface area contributed by atoms with E-state index in [0.717, 1.165) is 30.0 Å². The molecule has 26 heavy (non-hydrogen) atoms. The minimum Gasteiger partial charge on any atom is -0.352 e. The number of fused-ring (bicyclic) bond motifs is 1. The number of nitrogens with one attached hydrogen (secondary N) is 1. The van der Waals surface area contributed by atoms with E-state index in [1.54, 1.807) is 18.2 Å². The van der Waals surface area contributed by atoms with E-state index in [1.165, 1.54) is 11.0 Å². The van der Waals surface area contributed by atoms with E-state index in [4.69, 9.17) is 0 Å². The highest BCUT2D eigenvalue weighted by atomic mass is 16.1. The first kappa shape index (κ1) is 15.9. The van der Waals surface area contributed by atoms with Crippen molar-refractivity contribution in [2.24, 2.45) is 0 Å². The van der Waals surface area contributed by atoms with Gasteiger partial charge in [0, 0.05) is 24.7 Å². The van der Waals surface area contributed by atoms with Crippen molar-refractivity contribution in [3.05, 3.63) is 66.4 Å². The maximum absolute atomic E-state index is 12.3. The topological polar surface area (TPSA) is 103 Å². The third-order valence-corrected chi connectivity index (χ3v) is 3.97. The summed E-state index contributed by atoms with van der Waals surface area (Å²) in [7, 11) is 0. The molecule has 0 fully saturated rings. The Bertz CT molecular complexity index is 1020. The summed E-state index contributed by atoms with van der Waals surface area (Å²) in [6, 6.07) is 12.9. The number of hydrogen-bond acceptors (Lipinski definition) is 6. The number of tetrazole rings is 1. The molecule has 3 aromatic heterocycles. The number of pyridine rings is 1. The standard InChI is InChI=1S/C17H16N8O/c26-17(13-5-3-6-14(11-13)25-12-19-22-23-25)18-9-4-8-16-21-20-15-7-1-2-10-24(15)16/h1-3,5-7,10-12H,4,8-9H2,(H,18,26). The van der Waals surface area contributed by atoms with Gasteiger partial charge in [0.05, 0.1) is 5.69 Å². The van der Waals surface area contributed by atoms with Crippen molar-refractivity contribution in [3.8, 4) is 5.69 Å². The predicted molar refractivity (Wildman–Crippen MR) is 92.8 cm³/mol. The lowest BCUT2D eigenvalue weighted by Gasteiger charge is -2.06. The van der Waals surface area contributed by atoms with Gasteiger partial charge in [-0.3, -0.25) is 9.20 Å². The first-order chi connectivity index (χ1) is 12.8. The molecule has 9 heteroatoms. The van der Waals surface area contributed by atoms with Crippen LogP contribution in [0.25, 0.3) is 11.3 Å². The molecule has 4 rings (SSSR count). The molecule has 0 radical (unpaired) electrons. The third kappa shape index (κ3) is 3.27. The van der Waals surface area contributed by atoms with E-state index < -0.39 is 0 Å². The van der Waals surface area contributed by atoms with E-state index in [-0.39, 0.29) is 5.91 Å². The number of amides is 1. The Balaban J connectivity index is 1.34. The van der Waals surface area contributed by atoms with Crippen LogP contribution in [0.3, 0.4) is 0 Å².